The first kappa shape index (κ1) is 11.9. The van der Waals surface area contributed by atoms with E-state index in [-0.39, 0.29) is 5.91 Å². The molecule has 0 unspecified atom stereocenters. The third kappa shape index (κ3) is 2.51. The Morgan fingerprint density at radius 1 is 1.37 bits per heavy atom. The van der Waals surface area contributed by atoms with E-state index in [9.17, 15) is 4.79 Å². The Morgan fingerprint density at radius 3 is 3.16 bits per heavy atom. The molecule has 19 heavy (non-hydrogen) atoms. The van der Waals surface area contributed by atoms with Crippen LogP contribution in [0, 0.1) is 0 Å². The lowest BCUT2D eigenvalue weighted by molar-refractivity contribution is 0.0949. The second-order valence-electron chi connectivity index (χ2n) is 4.63. The van der Waals surface area contributed by atoms with Gasteiger partial charge in [-0.05, 0) is 36.2 Å². The van der Waals surface area contributed by atoms with Crippen molar-refractivity contribution >= 4 is 5.91 Å². The van der Waals surface area contributed by atoms with Gasteiger partial charge in [0.1, 0.15) is 0 Å². The monoisotopic (exact) mass is 256 g/mol. The molecule has 3 N–H and O–H groups in total. The van der Waals surface area contributed by atoms with Crippen molar-refractivity contribution < 1.29 is 4.79 Å². The van der Waals surface area contributed by atoms with Crippen LogP contribution in [0.3, 0.4) is 0 Å². The molecule has 0 saturated heterocycles. The van der Waals surface area contributed by atoms with E-state index < -0.39 is 0 Å². The standard InChI is InChI=1S/C14H16N4O/c19-14(16-9-11-4-7-17-18-11)13-3-1-2-10-8-15-6-5-12(10)13/h1-4,7,15H,5-6,8-9H2,(H,16,19)(H,17,18). The van der Waals surface area contributed by atoms with E-state index in [2.05, 4.69) is 26.9 Å². The molecule has 1 aliphatic rings. The zero-order chi connectivity index (χ0) is 13.1. The minimum atomic E-state index is -0.0200. The summed E-state index contributed by atoms with van der Waals surface area (Å²) in [5, 5.41) is 12.9. The number of carbonyl (C=O) groups is 1. The molecule has 0 aliphatic carbocycles. The number of hydrogen-bond acceptors (Lipinski definition) is 3. The molecule has 0 spiro atoms. The molecule has 1 aromatic heterocycles. The molecule has 5 nitrogen and oxygen atoms in total. The van der Waals surface area contributed by atoms with E-state index in [1.54, 1.807) is 6.20 Å². The van der Waals surface area contributed by atoms with Crippen LogP contribution in [0.2, 0.25) is 0 Å². The van der Waals surface area contributed by atoms with Crippen LogP contribution < -0.4 is 10.6 Å². The van der Waals surface area contributed by atoms with Crippen molar-refractivity contribution in [2.45, 2.75) is 19.5 Å². The van der Waals surface area contributed by atoms with Crippen LogP contribution in [0.4, 0.5) is 0 Å². The summed E-state index contributed by atoms with van der Waals surface area (Å²) in [6, 6.07) is 7.77. The van der Waals surface area contributed by atoms with Gasteiger partial charge in [-0.15, -0.1) is 0 Å². The summed E-state index contributed by atoms with van der Waals surface area (Å²) < 4.78 is 0. The number of amides is 1. The summed E-state index contributed by atoms with van der Waals surface area (Å²) >= 11 is 0. The van der Waals surface area contributed by atoms with Gasteiger partial charge in [0.2, 0.25) is 0 Å². The zero-order valence-corrected chi connectivity index (χ0v) is 10.6. The van der Waals surface area contributed by atoms with Gasteiger partial charge in [-0.25, -0.2) is 0 Å². The number of H-pyrrole nitrogens is 1. The Morgan fingerprint density at radius 2 is 2.32 bits per heavy atom. The van der Waals surface area contributed by atoms with Gasteiger partial charge < -0.3 is 10.6 Å². The predicted octanol–water partition coefficient (Wildman–Crippen LogP) is 0.985. The molecule has 2 heterocycles. The molecule has 0 saturated carbocycles. The van der Waals surface area contributed by atoms with Crippen molar-refractivity contribution in [3.05, 3.63) is 52.8 Å². The maximum Gasteiger partial charge on any atom is 0.251 e. The van der Waals surface area contributed by atoms with Gasteiger partial charge in [-0.2, -0.15) is 5.10 Å². The lowest BCUT2D eigenvalue weighted by Gasteiger charge is -2.19. The van der Waals surface area contributed by atoms with Gasteiger partial charge in [0.05, 0.1) is 12.2 Å². The average Bonchev–Trinajstić information content (AvgIpc) is 2.97. The minimum absolute atomic E-state index is 0.0200. The Labute approximate surface area is 111 Å². The number of nitrogens with one attached hydrogen (secondary N) is 3. The number of nitrogens with zero attached hydrogens (tertiary/aromatic N) is 1. The fraction of sp³-hybridized carbons (Fsp3) is 0.286. The number of benzene rings is 1. The van der Waals surface area contributed by atoms with Gasteiger partial charge in [-0.1, -0.05) is 12.1 Å². The summed E-state index contributed by atoms with van der Waals surface area (Å²) in [6.07, 6.45) is 2.58. The van der Waals surface area contributed by atoms with E-state index >= 15 is 0 Å². The zero-order valence-electron chi connectivity index (χ0n) is 10.6. The van der Waals surface area contributed by atoms with Gasteiger partial charge in [0, 0.05) is 18.3 Å². The SMILES string of the molecule is O=C(NCc1ccn[nH]1)c1cccc2c1CCNC2. The van der Waals surface area contributed by atoms with E-state index in [1.807, 2.05) is 18.2 Å². The Balaban J connectivity index is 1.76. The third-order valence-electron chi connectivity index (χ3n) is 3.38. The van der Waals surface area contributed by atoms with Crippen molar-refractivity contribution in [2.24, 2.45) is 0 Å². The second-order valence-corrected chi connectivity index (χ2v) is 4.63. The van der Waals surface area contributed by atoms with Gasteiger partial charge in [0.15, 0.2) is 0 Å². The smallest absolute Gasteiger partial charge is 0.251 e. The average molecular weight is 256 g/mol. The summed E-state index contributed by atoms with van der Waals surface area (Å²) in [5.74, 6) is -0.0200. The van der Waals surface area contributed by atoms with Gasteiger partial charge in [-0.3, -0.25) is 9.89 Å². The van der Waals surface area contributed by atoms with Crippen LogP contribution in [0.15, 0.2) is 30.5 Å². The summed E-state index contributed by atoms with van der Waals surface area (Å²) in [4.78, 5) is 12.2. The molecule has 98 valence electrons. The largest absolute Gasteiger partial charge is 0.346 e. The first-order chi connectivity index (χ1) is 9.34. The van der Waals surface area contributed by atoms with Crippen LogP contribution in [0.25, 0.3) is 0 Å². The van der Waals surface area contributed by atoms with Crippen molar-refractivity contribution in [3.63, 3.8) is 0 Å². The van der Waals surface area contributed by atoms with Gasteiger partial charge in [0.25, 0.3) is 5.91 Å². The number of aromatic amines is 1. The predicted molar refractivity (Wildman–Crippen MR) is 71.6 cm³/mol. The molecule has 5 heteroatoms. The summed E-state index contributed by atoms with van der Waals surface area (Å²) in [5.41, 5.74) is 4.09. The van der Waals surface area contributed by atoms with Crippen LogP contribution >= 0.6 is 0 Å². The highest BCUT2D eigenvalue weighted by Gasteiger charge is 2.16. The number of fused-ring (bicyclic) bond motifs is 1. The molecule has 1 amide bonds. The lowest BCUT2D eigenvalue weighted by atomic mass is 9.95. The molecule has 0 bridgehead atoms. The number of carbonyl (C=O) groups excluding carboxylic acids is 1. The maximum atomic E-state index is 12.2. The van der Waals surface area contributed by atoms with Crippen LogP contribution in [0.1, 0.15) is 27.2 Å². The molecular formula is C14H16N4O. The van der Waals surface area contributed by atoms with E-state index in [0.29, 0.717) is 6.54 Å². The van der Waals surface area contributed by atoms with Crippen LogP contribution in [-0.4, -0.2) is 22.6 Å². The summed E-state index contributed by atoms with van der Waals surface area (Å²) in [7, 11) is 0. The minimum Gasteiger partial charge on any atom is -0.346 e. The lowest BCUT2D eigenvalue weighted by Crippen LogP contribution is -2.29. The Bertz CT molecular complexity index is 577. The van der Waals surface area contributed by atoms with Crippen LogP contribution in [-0.2, 0) is 19.5 Å². The van der Waals surface area contributed by atoms with Gasteiger partial charge >= 0.3 is 0 Å². The highest BCUT2D eigenvalue weighted by atomic mass is 16.1. The molecule has 0 radical (unpaired) electrons. The fourth-order valence-corrected chi connectivity index (χ4v) is 2.40. The van der Waals surface area contributed by atoms with Crippen molar-refractivity contribution in [1.29, 1.82) is 0 Å². The van der Waals surface area contributed by atoms with E-state index in [0.717, 1.165) is 30.8 Å². The first-order valence-corrected chi connectivity index (χ1v) is 6.42. The Hall–Kier alpha value is -2.14. The highest BCUT2D eigenvalue weighted by Crippen LogP contribution is 2.18. The van der Waals surface area contributed by atoms with E-state index in [1.165, 1.54) is 11.1 Å². The molecule has 0 fully saturated rings. The first-order valence-electron chi connectivity index (χ1n) is 6.42. The molecule has 1 aliphatic heterocycles. The molecule has 1 aromatic carbocycles. The molecule has 0 atom stereocenters. The summed E-state index contributed by atoms with van der Waals surface area (Å²) in [6.45, 7) is 2.25. The van der Waals surface area contributed by atoms with Crippen molar-refractivity contribution in [3.8, 4) is 0 Å². The maximum absolute atomic E-state index is 12.2. The fourth-order valence-electron chi connectivity index (χ4n) is 2.40. The third-order valence-corrected chi connectivity index (χ3v) is 3.38. The van der Waals surface area contributed by atoms with Crippen molar-refractivity contribution in [1.82, 2.24) is 20.8 Å². The Kier molecular flexibility index (Phi) is 3.29. The topological polar surface area (TPSA) is 69.8 Å². The number of aromatic nitrogens is 2. The van der Waals surface area contributed by atoms with Crippen LogP contribution in [0.5, 0.6) is 0 Å². The quantitative estimate of drug-likeness (QED) is 0.767. The normalized spacial score (nSPS) is 13.9. The second kappa shape index (κ2) is 5.24. The molecular weight excluding hydrogens is 240 g/mol. The highest BCUT2D eigenvalue weighted by molar-refractivity contribution is 5.96. The van der Waals surface area contributed by atoms with E-state index in [4.69, 9.17) is 0 Å². The number of rotatable bonds is 3. The molecule has 2 aromatic rings. The molecule has 3 rings (SSSR count). The van der Waals surface area contributed by atoms with Crippen molar-refractivity contribution in [2.75, 3.05) is 6.54 Å². The number of hydrogen-bond donors (Lipinski definition) is 3.